The fourth-order valence-corrected chi connectivity index (χ4v) is 3.72. The SMILES string of the molecule is O=C(N[C@@H]1COc2cccc(-c3ccncc3)c2C1)c1ccc(OCc2cnccn2)nc1. The Labute approximate surface area is 190 Å². The van der Waals surface area contributed by atoms with E-state index >= 15 is 0 Å². The number of carbonyl (C=O) groups excluding carboxylic acids is 1. The van der Waals surface area contributed by atoms with Gasteiger partial charge in [-0.2, -0.15) is 0 Å². The van der Waals surface area contributed by atoms with Gasteiger partial charge in [-0.3, -0.25) is 19.7 Å². The molecule has 0 bridgehead atoms. The van der Waals surface area contributed by atoms with Gasteiger partial charge in [0.25, 0.3) is 5.91 Å². The Kier molecular flexibility index (Phi) is 5.88. The van der Waals surface area contributed by atoms with Crippen LogP contribution in [0, 0.1) is 0 Å². The number of amides is 1. The van der Waals surface area contributed by atoms with Crippen LogP contribution >= 0.6 is 0 Å². The van der Waals surface area contributed by atoms with E-state index in [0.29, 0.717) is 30.2 Å². The number of hydrogen-bond acceptors (Lipinski definition) is 7. The molecule has 164 valence electrons. The van der Waals surface area contributed by atoms with E-state index in [4.69, 9.17) is 9.47 Å². The second kappa shape index (κ2) is 9.44. The van der Waals surface area contributed by atoms with E-state index in [2.05, 4.69) is 31.3 Å². The van der Waals surface area contributed by atoms with Crippen molar-refractivity contribution in [1.29, 1.82) is 0 Å². The highest BCUT2D eigenvalue weighted by Crippen LogP contribution is 2.34. The van der Waals surface area contributed by atoms with Crippen molar-refractivity contribution in [3.63, 3.8) is 0 Å². The molecule has 0 saturated carbocycles. The number of carbonyl (C=O) groups is 1. The minimum Gasteiger partial charge on any atom is -0.491 e. The van der Waals surface area contributed by atoms with E-state index in [-0.39, 0.29) is 18.6 Å². The Morgan fingerprint density at radius 2 is 1.91 bits per heavy atom. The first-order chi connectivity index (χ1) is 16.3. The van der Waals surface area contributed by atoms with Gasteiger partial charge in [0.2, 0.25) is 5.88 Å². The van der Waals surface area contributed by atoms with Crippen LogP contribution in [-0.4, -0.2) is 38.5 Å². The molecule has 3 aromatic heterocycles. The van der Waals surface area contributed by atoms with E-state index in [1.807, 2.05) is 24.3 Å². The lowest BCUT2D eigenvalue weighted by atomic mass is 9.93. The van der Waals surface area contributed by atoms with Crippen molar-refractivity contribution in [2.75, 3.05) is 6.61 Å². The lowest BCUT2D eigenvalue weighted by Gasteiger charge is -2.28. The van der Waals surface area contributed by atoms with Gasteiger partial charge < -0.3 is 14.8 Å². The third kappa shape index (κ3) is 4.79. The summed E-state index contributed by atoms with van der Waals surface area (Å²) in [7, 11) is 0. The molecule has 4 heterocycles. The predicted molar refractivity (Wildman–Crippen MR) is 121 cm³/mol. The van der Waals surface area contributed by atoms with Gasteiger partial charge in [0.1, 0.15) is 19.0 Å². The van der Waals surface area contributed by atoms with E-state index in [0.717, 1.165) is 22.4 Å². The van der Waals surface area contributed by atoms with Gasteiger partial charge >= 0.3 is 0 Å². The van der Waals surface area contributed by atoms with Crippen LogP contribution in [0.1, 0.15) is 21.6 Å². The second-order valence-corrected chi connectivity index (χ2v) is 7.57. The van der Waals surface area contributed by atoms with Crippen molar-refractivity contribution in [1.82, 2.24) is 25.3 Å². The molecule has 0 spiro atoms. The first-order valence-corrected chi connectivity index (χ1v) is 10.6. The largest absolute Gasteiger partial charge is 0.491 e. The maximum absolute atomic E-state index is 12.8. The van der Waals surface area contributed by atoms with E-state index in [1.165, 1.54) is 6.20 Å². The summed E-state index contributed by atoms with van der Waals surface area (Å²) in [6.07, 6.45) is 10.6. The average molecular weight is 439 g/mol. The summed E-state index contributed by atoms with van der Waals surface area (Å²) in [4.78, 5) is 29.3. The molecule has 8 nitrogen and oxygen atoms in total. The van der Waals surface area contributed by atoms with Crippen LogP contribution in [0.15, 0.2) is 79.6 Å². The van der Waals surface area contributed by atoms with Gasteiger partial charge in [0, 0.05) is 49.0 Å². The highest BCUT2D eigenvalue weighted by molar-refractivity contribution is 5.94. The molecule has 1 aromatic carbocycles. The molecule has 0 saturated heterocycles. The van der Waals surface area contributed by atoms with Crippen LogP contribution in [0.5, 0.6) is 11.6 Å². The standard InChI is InChI=1S/C25H21N5O3/c31-25(18-4-5-24(29-13-18)33-16-20-14-27-10-11-28-20)30-19-12-22-21(17-6-8-26-9-7-17)2-1-3-23(22)32-15-19/h1-11,13-14,19H,12,15-16H2,(H,30,31)/t19-/m0/s1. The summed E-state index contributed by atoms with van der Waals surface area (Å²) < 4.78 is 11.6. The van der Waals surface area contributed by atoms with Crippen molar-refractivity contribution in [2.24, 2.45) is 0 Å². The van der Waals surface area contributed by atoms with Crippen molar-refractivity contribution in [3.8, 4) is 22.8 Å². The van der Waals surface area contributed by atoms with Crippen molar-refractivity contribution < 1.29 is 14.3 Å². The van der Waals surface area contributed by atoms with E-state index < -0.39 is 0 Å². The minimum absolute atomic E-state index is 0.152. The molecule has 0 unspecified atom stereocenters. The predicted octanol–water partition coefficient (Wildman–Crippen LogP) is 3.25. The molecule has 8 heteroatoms. The van der Waals surface area contributed by atoms with Crippen LogP contribution < -0.4 is 14.8 Å². The normalized spacial score (nSPS) is 14.6. The molecular formula is C25H21N5O3. The molecule has 0 fully saturated rings. The summed E-state index contributed by atoms with van der Waals surface area (Å²) in [5, 5.41) is 3.06. The zero-order chi connectivity index (χ0) is 22.5. The summed E-state index contributed by atoms with van der Waals surface area (Å²) in [6, 6.07) is 13.1. The van der Waals surface area contributed by atoms with Crippen LogP contribution in [0.25, 0.3) is 11.1 Å². The molecule has 4 aromatic rings. The van der Waals surface area contributed by atoms with E-state index in [9.17, 15) is 4.79 Å². The average Bonchev–Trinajstić information content (AvgIpc) is 2.88. The zero-order valence-electron chi connectivity index (χ0n) is 17.7. The summed E-state index contributed by atoms with van der Waals surface area (Å²) >= 11 is 0. The quantitative estimate of drug-likeness (QED) is 0.492. The van der Waals surface area contributed by atoms with Gasteiger partial charge in [-0.15, -0.1) is 0 Å². The fraction of sp³-hybridized carbons (Fsp3) is 0.160. The molecule has 1 amide bonds. The summed E-state index contributed by atoms with van der Waals surface area (Å²) in [5.74, 6) is 1.05. The molecular weight excluding hydrogens is 418 g/mol. The Morgan fingerprint density at radius 3 is 2.70 bits per heavy atom. The Morgan fingerprint density at radius 1 is 1.00 bits per heavy atom. The third-order valence-electron chi connectivity index (χ3n) is 5.33. The van der Waals surface area contributed by atoms with Gasteiger partial charge in [-0.25, -0.2) is 4.98 Å². The number of benzene rings is 1. The highest BCUT2D eigenvalue weighted by atomic mass is 16.5. The van der Waals surface area contributed by atoms with Gasteiger partial charge in [-0.05, 0) is 35.4 Å². The third-order valence-corrected chi connectivity index (χ3v) is 5.33. The summed E-state index contributed by atoms with van der Waals surface area (Å²) in [6.45, 7) is 0.663. The van der Waals surface area contributed by atoms with Gasteiger partial charge in [-0.1, -0.05) is 12.1 Å². The Bertz CT molecular complexity index is 1230. The monoisotopic (exact) mass is 439 g/mol. The number of nitrogens with zero attached hydrogens (tertiary/aromatic N) is 4. The number of fused-ring (bicyclic) bond motifs is 1. The highest BCUT2D eigenvalue weighted by Gasteiger charge is 2.24. The number of ether oxygens (including phenoxy) is 2. The molecule has 0 radical (unpaired) electrons. The van der Waals surface area contributed by atoms with Crippen LogP contribution in [0.2, 0.25) is 0 Å². The molecule has 0 aliphatic carbocycles. The fourth-order valence-electron chi connectivity index (χ4n) is 3.72. The molecule has 1 aliphatic heterocycles. The molecule has 33 heavy (non-hydrogen) atoms. The number of aromatic nitrogens is 4. The number of rotatable bonds is 6. The van der Waals surface area contributed by atoms with Crippen LogP contribution in [-0.2, 0) is 13.0 Å². The van der Waals surface area contributed by atoms with Crippen LogP contribution in [0.3, 0.4) is 0 Å². The molecule has 5 rings (SSSR count). The Balaban J connectivity index is 1.23. The van der Waals surface area contributed by atoms with Gasteiger partial charge in [0.05, 0.1) is 23.5 Å². The topological polar surface area (TPSA) is 99.1 Å². The first-order valence-electron chi connectivity index (χ1n) is 10.6. The number of pyridine rings is 2. The molecule has 1 aliphatic rings. The minimum atomic E-state index is -0.207. The number of hydrogen-bond donors (Lipinski definition) is 1. The maximum Gasteiger partial charge on any atom is 0.253 e. The maximum atomic E-state index is 12.8. The van der Waals surface area contributed by atoms with Crippen molar-refractivity contribution in [2.45, 2.75) is 19.1 Å². The molecule has 1 atom stereocenters. The zero-order valence-corrected chi connectivity index (χ0v) is 17.7. The lowest BCUT2D eigenvalue weighted by Crippen LogP contribution is -2.42. The van der Waals surface area contributed by atoms with E-state index in [1.54, 1.807) is 43.1 Å². The van der Waals surface area contributed by atoms with Crippen molar-refractivity contribution in [3.05, 3.63) is 96.5 Å². The van der Waals surface area contributed by atoms with Crippen molar-refractivity contribution >= 4 is 5.91 Å². The lowest BCUT2D eigenvalue weighted by molar-refractivity contribution is 0.0915. The number of nitrogens with one attached hydrogen (secondary N) is 1. The van der Waals surface area contributed by atoms with Gasteiger partial charge in [0.15, 0.2) is 0 Å². The summed E-state index contributed by atoms with van der Waals surface area (Å²) in [5.41, 5.74) is 4.38. The Hall–Kier alpha value is -4.33. The molecule has 1 N–H and O–H groups in total. The first kappa shape index (κ1) is 20.6. The smallest absolute Gasteiger partial charge is 0.253 e. The second-order valence-electron chi connectivity index (χ2n) is 7.57. The van der Waals surface area contributed by atoms with Crippen LogP contribution in [0.4, 0.5) is 0 Å².